The first-order valence-corrected chi connectivity index (χ1v) is 6.93. The molecule has 1 aliphatic heterocycles. The van der Waals surface area contributed by atoms with E-state index in [1.807, 2.05) is 13.0 Å². The van der Waals surface area contributed by atoms with Crippen LogP contribution < -0.4 is 11.1 Å². The monoisotopic (exact) mass is 293 g/mol. The fourth-order valence-corrected chi connectivity index (χ4v) is 3.37. The van der Waals surface area contributed by atoms with E-state index in [4.69, 9.17) is 17.3 Å². The Morgan fingerprint density at radius 3 is 3.00 bits per heavy atom. The number of phenols is 1. The molecule has 0 aliphatic carbocycles. The van der Waals surface area contributed by atoms with Crippen LogP contribution in [0.2, 0.25) is 5.02 Å². The van der Waals surface area contributed by atoms with E-state index in [1.54, 1.807) is 29.7 Å². The van der Waals surface area contributed by atoms with Crippen molar-refractivity contribution in [2.45, 2.75) is 13.2 Å². The molecule has 6 heteroatoms. The molecule has 1 unspecified atom stereocenters. The molecular weight excluding hydrogens is 282 g/mol. The second-order valence-corrected chi connectivity index (χ2v) is 5.76. The van der Waals surface area contributed by atoms with Crippen LogP contribution in [-0.4, -0.2) is 17.6 Å². The normalized spacial score (nSPS) is 17.1. The minimum atomic E-state index is -0.392. The molecule has 0 amide bonds. The highest BCUT2D eigenvalue weighted by molar-refractivity contribution is 7.20. The Bertz CT molecular complexity index is 681. The average molecular weight is 294 g/mol. The number of rotatable bonds is 1. The Morgan fingerprint density at radius 2 is 2.26 bits per heavy atom. The maximum absolute atomic E-state index is 9.71. The van der Waals surface area contributed by atoms with Crippen molar-refractivity contribution in [1.29, 1.82) is 0 Å². The molecule has 0 saturated carbocycles. The average Bonchev–Trinajstić information content (AvgIpc) is 2.70. The highest BCUT2D eigenvalue weighted by atomic mass is 35.5. The predicted molar refractivity (Wildman–Crippen MR) is 80.4 cm³/mol. The van der Waals surface area contributed by atoms with Crippen molar-refractivity contribution < 1.29 is 5.11 Å². The number of nitrogens with one attached hydrogen (secondary N) is 1. The molecule has 2 aromatic rings. The van der Waals surface area contributed by atoms with Crippen molar-refractivity contribution in [2.24, 2.45) is 10.7 Å². The van der Waals surface area contributed by atoms with Gasteiger partial charge in [0.15, 0.2) is 6.29 Å². The maximum atomic E-state index is 9.71. The summed E-state index contributed by atoms with van der Waals surface area (Å²) in [4.78, 5) is 5.22. The molecule has 1 aromatic heterocycles. The van der Waals surface area contributed by atoms with Crippen LogP contribution in [0.25, 0.3) is 10.4 Å². The SMILES string of the molecule is Cc1c(-c2ccc(Cl)c(O)c2)sc2c1C=NC(N)N2. The van der Waals surface area contributed by atoms with Crippen LogP contribution in [-0.2, 0) is 0 Å². The Labute approximate surface area is 119 Å². The van der Waals surface area contributed by atoms with Gasteiger partial charge in [-0.05, 0) is 30.2 Å². The smallest absolute Gasteiger partial charge is 0.171 e. The van der Waals surface area contributed by atoms with Gasteiger partial charge in [-0.3, -0.25) is 10.7 Å². The summed E-state index contributed by atoms with van der Waals surface area (Å²) in [6.07, 6.45) is 1.40. The van der Waals surface area contributed by atoms with Gasteiger partial charge in [-0.25, -0.2) is 0 Å². The van der Waals surface area contributed by atoms with E-state index < -0.39 is 6.29 Å². The minimum Gasteiger partial charge on any atom is -0.506 e. The van der Waals surface area contributed by atoms with Gasteiger partial charge in [-0.15, -0.1) is 11.3 Å². The third-order valence-corrected chi connectivity index (χ3v) is 4.65. The molecule has 4 N–H and O–H groups in total. The van der Waals surface area contributed by atoms with Crippen LogP contribution in [0, 0.1) is 6.92 Å². The summed E-state index contributed by atoms with van der Waals surface area (Å²) in [7, 11) is 0. The van der Waals surface area contributed by atoms with Crippen molar-refractivity contribution >= 4 is 34.2 Å². The van der Waals surface area contributed by atoms with E-state index in [1.165, 1.54) is 0 Å². The number of hydrogen-bond acceptors (Lipinski definition) is 5. The number of phenolic OH excluding ortho intramolecular Hbond substituents is 1. The molecule has 0 saturated heterocycles. The number of aliphatic imine (C=N–C) groups is 1. The number of nitrogens with two attached hydrogens (primary N) is 1. The fraction of sp³-hybridized carbons (Fsp3) is 0.154. The summed E-state index contributed by atoms with van der Waals surface area (Å²) in [5, 5.41) is 14.2. The van der Waals surface area contributed by atoms with Gasteiger partial charge in [0, 0.05) is 16.7 Å². The molecule has 1 aliphatic rings. The second-order valence-electron chi connectivity index (χ2n) is 4.33. The number of anilines is 1. The molecule has 0 fully saturated rings. The van der Waals surface area contributed by atoms with E-state index in [0.717, 1.165) is 26.6 Å². The van der Waals surface area contributed by atoms with Crippen molar-refractivity contribution in [2.75, 3.05) is 5.32 Å². The first-order valence-electron chi connectivity index (χ1n) is 5.74. The van der Waals surface area contributed by atoms with Crippen molar-refractivity contribution in [3.8, 4) is 16.2 Å². The number of hydrogen-bond donors (Lipinski definition) is 3. The standard InChI is InChI=1S/C13H12ClN3OS/c1-6-8-5-16-13(15)17-12(8)19-11(6)7-2-3-9(14)10(18)4-7/h2-5,13,17-18H,15H2,1H3. The van der Waals surface area contributed by atoms with Crippen LogP contribution in [0.4, 0.5) is 5.00 Å². The van der Waals surface area contributed by atoms with E-state index in [-0.39, 0.29) is 5.75 Å². The number of aromatic hydroxyl groups is 1. The van der Waals surface area contributed by atoms with Gasteiger partial charge in [0.1, 0.15) is 10.8 Å². The number of benzene rings is 1. The Hall–Kier alpha value is -1.56. The molecule has 0 spiro atoms. The Kier molecular flexibility index (Phi) is 2.97. The highest BCUT2D eigenvalue weighted by Gasteiger charge is 2.19. The van der Waals surface area contributed by atoms with Crippen molar-refractivity contribution in [3.63, 3.8) is 0 Å². The third kappa shape index (κ3) is 2.10. The molecule has 19 heavy (non-hydrogen) atoms. The van der Waals surface area contributed by atoms with Gasteiger partial charge in [-0.2, -0.15) is 0 Å². The lowest BCUT2D eigenvalue weighted by molar-refractivity contribution is 0.476. The summed E-state index contributed by atoms with van der Waals surface area (Å²) >= 11 is 7.43. The largest absolute Gasteiger partial charge is 0.506 e. The number of fused-ring (bicyclic) bond motifs is 1. The lowest BCUT2D eigenvalue weighted by atomic mass is 10.1. The van der Waals surface area contributed by atoms with Gasteiger partial charge >= 0.3 is 0 Å². The maximum Gasteiger partial charge on any atom is 0.171 e. The zero-order valence-corrected chi connectivity index (χ0v) is 11.7. The zero-order chi connectivity index (χ0) is 13.6. The molecule has 3 rings (SSSR count). The van der Waals surface area contributed by atoms with E-state index in [2.05, 4.69) is 10.3 Å². The van der Waals surface area contributed by atoms with Gasteiger partial charge in [0.25, 0.3) is 0 Å². The molecule has 1 atom stereocenters. The first-order chi connectivity index (χ1) is 9.06. The van der Waals surface area contributed by atoms with E-state index >= 15 is 0 Å². The molecule has 0 bridgehead atoms. The second kappa shape index (κ2) is 4.52. The molecular formula is C13H12ClN3OS. The van der Waals surface area contributed by atoms with E-state index in [0.29, 0.717) is 5.02 Å². The molecule has 4 nitrogen and oxygen atoms in total. The van der Waals surface area contributed by atoms with Crippen LogP contribution in [0.15, 0.2) is 23.2 Å². The van der Waals surface area contributed by atoms with Crippen molar-refractivity contribution in [1.82, 2.24) is 0 Å². The lowest BCUT2D eigenvalue weighted by Gasteiger charge is -2.14. The number of thiophene rings is 1. The topological polar surface area (TPSA) is 70.6 Å². The molecule has 2 heterocycles. The summed E-state index contributed by atoms with van der Waals surface area (Å²) in [6.45, 7) is 2.03. The fourth-order valence-electron chi connectivity index (χ4n) is 2.04. The van der Waals surface area contributed by atoms with Gasteiger partial charge < -0.3 is 10.4 Å². The zero-order valence-electron chi connectivity index (χ0n) is 10.1. The summed E-state index contributed by atoms with van der Waals surface area (Å²) < 4.78 is 0. The number of halogens is 1. The van der Waals surface area contributed by atoms with Gasteiger partial charge in [-0.1, -0.05) is 17.7 Å². The van der Waals surface area contributed by atoms with Gasteiger partial charge in [0.05, 0.1) is 5.02 Å². The van der Waals surface area contributed by atoms with Crippen LogP contribution in [0.5, 0.6) is 5.75 Å². The third-order valence-electron chi connectivity index (χ3n) is 3.04. The minimum absolute atomic E-state index is 0.0864. The number of nitrogens with zero attached hydrogens (tertiary/aromatic N) is 1. The quantitative estimate of drug-likeness (QED) is 0.756. The molecule has 98 valence electrons. The van der Waals surface area contributed by atoms with Crippen LogP contribution in [0.1, 0.15) is 11.1 Å². The summed E-state index contributed by atoms with van der Waals surface area (Å²) in [6, 6.07) is 5.25. The lowest BCUT2D eigenvalue weighted by Crippen LogP contribution is -2.29. The first kappa shape index (κ1) is 12.5. The van der Waals surface area contributed by atoms with Crippen LogP contribution >= 0.6 is 22.9 Å². The Balaban J connectivity index is 2.12. The summed E-state index contributed by atoms with van der Waals surface area (Å²) in [5.74, 6) is 0.0864. The summed E-state index contributed by atoms with van der Waals surface area (Å²) in [5.41, 5.74) is 8.83. The van der Waals surface area contributed by atoms with Crippen molar-refractivity contribution in [3.05, 3.63) is 34.3 Å². The van der Waals surface area contributed by atoms with Gasteiger partial charge in [0.2, 0.25) is 0 Å². The molecule has 0 radical (unpaired) electrons. The van der Waals surface area contributed by atoms with E-state index in [9.17, 15) is 5.11 Å². The van der Waals surface area contributed by atoms with Crippen LogP contribution in [0.3, 0.4) is 0 Å². The Morgan fingerprint density at radius 1 is 1.47 bits per heavy atom. The molecule has 1 aromatic carbocycles. The predicted octanol–water partition coefficient (Wildman–Crippen LogP) is 3.17. The highest BCUT2D eigenvalue weighted by Crippen LogP contribution is 2.41.